The van der Waals surface area contributed by atoms with Crippen molar-refractivity contribution in [2.45, 2.75) is 45.2 Å². The van der Waals surface area contributed by atoms with Crippen LogP contribution in [-0.4, -0.2) is 36.5 Å². The minimum absolute atomic E-state index is 0.0947. The number of hydrogen-bond donors (Lipinski definition) is 2. The van der Waals surface area contributed by atoms with Crippen molar-refractivity contribution in [3.8, 4) is 0 Å². The molecule has 3 atom stereocenters. The second-order valence-electron chi connectivity index (χ2n) is 12.0. The van der Waals surface area contributed by atoms with E-state index in [0.717, 1.165) is 5.56 Å². The number of amides is 3. The van der Waals surface area contributed by atoms with E-state index in [1.807, 2.05) is 0 Å². The van der Waals surface area contributed by atoms with Crippen molar-refractivity contribution in [3.05, 3.63) is 98.8 Å². The lowest BCUT2D eigenvalue weighted by atomic mass is 9.63. The maximum absolute atomic E-state index is 15.9. The Morgan fingerprint density at radius 3 is 2.50 bits per heavy atom. The molecule has 7 nitrogen and oxygen atoms in total. The highest BCUT2D eigenvalue weighted by Crippen LogP contribution is 2.60. The topological polar surface area (TPSA) is 87.7 Å². The Kier molecular flexibility index (Phi) is 7.98. The van der Waals surface area contributed by atoms with Gasteiger partial charge < -0.3 is 20.3 Å². The maximum Gasteiger partial charge on any atom is 0.337 e. The number of nitrogens with zero attached hydrogens (tertiary/aromatic N) is 1. The zero-order valence-corrected chi connectivity index (χ0v) is 25.3. The number of ether oxygens (including phenoxy) is 1. The summed E-state index contributed by atoms with van der Waals surface area (Å²) in [7, 11) is 1.31. The SMILES string of the molecule is COC(=O)c1ccc(CNC(=O)N2C[C@@H](CC(C)(C)C)C3(C(=O)Nc4cc(Cl)ccc43)[C@H]2c2cccc(Cl)c2F)cc1. The molecular weight excluding hydrogens is 580 g/mol. The van der Waals surface area contributed by atoms with Crippen LogP contribution in [0.3, 0.4) is 0 Å². The van der Waals surface area contributed by atoms with Gasteiger partial charge in [-0.05, 0) is 59.2 Å². The molecule has 10 heteroatoms. The van der Waals surface area contributed by atoms with Gasteiger partial charge in [0.1, 0.15) is 11.2 Å². The number of esters is 1. The lowest BCUT2D eigenvalue weighted by molar-refractivity contribution is -0.123. The van der Waals surface area contributed by atoms with Crippen LogP contribution in [0.1, 0.15) is 60.3 Å². The summed E-state index contributed by atoms with van der Waals surface area (Å²) in [5.41, 5.74) is 1.02. The highest BCUT2D eigenvalue weighted by molar-refractivity contribution is 6.31. The molecule has 2 heterocycles. The van der Waals surface area contributed by atoms with E-state index < -0.39 is 29.3 Å². The fraction of sp³-hybridized carbons (Fsp3) is 0.344. The lowest BCUT2D eigenvalue weighted by Crippen LogP contribution is -2.47. The first-order valence-electron chi connectivity index (χ1n) is 13.6. The molecule has 1 saturated heterocycles. The molecule has 3 aromatic rings. The zero-order valence-electron chi connectivity index (χ0n) is 23.8. The molecule has 1 spiro atoms. The predicted octanol–water partition coefficient (Wildman–Crippen LogP) is 7.13. The lowest BCUT2D eigenvalue weighted by Gasteiger charge is -2.38. The molecule has 0 radical (unpaired) electrons. The van der Waals surface area contributed by atoms with Gasteiger partial charge in [0, 0.05) is 29.4 Å². The van der Waals surface area contributed by atoms with E-state index >= 15 is 4.39 Å². The van der Waals surface area contributed by atoms with Gasteiger partial charge in [0.25, 0.3) is 0 Å². The first-order chi connectivity index (χ1) is 19.9. The van der Waals surface area contributed by atoms with Crippen molar-refractivity contribution < 1.29 is 23.5 Å². The number of carbonyl (C=O) groups excluding carboxylic acids is 3. The number of carbonyl (C=O) groups is 3. The van der Waals surface area contributed by atoms with Gasteiger partial charge in [-0.1, -0.05) is 74.3 Å². The summed E-state index contributed by atoms with van der Waals surface area (Å²) in [6.07, 6.45) is 0.583. The molecule has 1 unspecified atom stereocenters. The number of rotatable bonds is 5. The van der Waals surface area contributed by atoms with Crippen LogP contribution >= 0.6 is 23.2 Å². The Morgan fingerprint density at radius 2 is 1.83 bits per heavy atom. The fourth-order valence-electron chi connectivity index (χ4n) is 6.43. The molecule has 0 aliphatic carbocycles. The number of nitrogens with one attached hydrogen (secondary N) is 2. The summed E-state index contributed by atoms with van der Waals surface area (Å²) in [6.45, 7) is 6.58. The van der Waals surface area contributed by atoms with Gasteiger partial charge in [0.15, 0.2) is 0 Å². The monoisotopic (exact) mass is 611 g/mol. The highest BCUT2D eigenvalue weighted by Gasteiger charge is 2.65. The minimum atomic E-state index is -1.29. The second-order valence-corrected chi connectivity index (χ2v) is 12.9. The largest absolute Gasteiger partial charge is 0.465 e. The van der Waals surface area contributed by atoms with Gasteiger partial charge in [-0.2, -0.15) is 0 Å². The zero-order chi connectivity index (χ0) is 30.4. The van der Waals surface area contributed by atoms with Crippen molar-refractivity contribution in [1.29, 1.82) is 0 Å². The number of anilines is 1. The number of methoxy groups -OCH3 is 1. The summed E-state index contributed by atoms with van der Waals surface area (Å²) < 4.78 is 20.6. The van der Waals surface area contributed by atoms with Gasteiger partial charge in [0.2, 0.25) is 5.91 Å². The quantitative estimate of drug-likeness (QED) is 0.300. The normalized spacial score (nSPS) is 21.3. The van der Waals surface area contributed by atoms with E-state index in [1.165, 1.54) is 13.2 Å². The van der Waals surface area contributed by atoms with Crippen LogP contribution in [0, 0.1) is 17.2 Å². The van der Waals surface area contributed by atoms with Gasteiger partial charge in [-0.15, -0.1) is 0 Å². The molecule has 220 valence electrons. The Morgan fingerprint density at radius 1 is 1.12 bits per heavy atom. The van der Waals surface area contributed by atoms with Crippen molar-refractivity contribution >= 4 is 46.8 Å². The molecule has 3 aromatic carbocycles. The molecule has 0 bridgehead atoms. The Hall–Kier alpha value is -3.62. The molecule has 0 saturated carbocycles. The maximum atomic E-state index is 15.9. The number of benzene rings is 3. The van der Waals surface area contributed by atoms with E-state index in [2.05, 4.69) is 31.4 Å². The third kappa shape index (κ3) is 5.22. The average Bonchev–Trinajstić information content (AvgIpc) is 3.42. The van der Waals surface area contributed by atoms with Gasteiger partial charge >= 0.3 is 12.0 Å². The average molecular weight is 613 g/mol. The number of likely N-dealkylation sites (tertiary alicyclic amines) is 1. The van der Waals surface area contributed by atoms with E-state index in [0.29, 0.717) is 28.3 Å². The summed E-state index contributed by atoms with van der Waals surface area (Å²) in [6, 6.07) is 15.1. The molecule has 2 aliphatic rings. The Labute approximate surface area is 254 Å². The molecule has 1 fully saturated rings. The molecule has 0 aromatic heterocycles. The number of fused-ring (bicyclic) bond motifs is 2. The van der Waals surface area contributed by atoms with Crippen molar-refractivity contribution in [1.82, 2.24) is 10.2 Å². The van der Waals surface area contributed by atoms with E-state index in [1.54, 1.807) is 59.5 Å². The fourth-order valence-corrected chi connectivity index (χ4v) is 6.78. The minimum Gasteiger partial charge on any atom is -0.465 e. The number of hydrogen-bond acceptors (Lipinski definition) is 4. The Bertz CT molecular complexity index is 1560. The summed E-state index contributed by atoms with van der Waals surface area (Å²) >= 11 is 12.6. The van der Waals surface area contributed by atoms with E-state index in [4.69, 9.17) is 27.9 Å². The van der Waals surface area contributed by atoms with Gasteiger partial charge in [-0.25, -0.2) is 14.0 Å². The summed E-state index contributed by atoms with van der Waals surface area (Å²) in [4.78, 5) is 41.5. The van der Waals surface area contributed by atoms with E-state index in [9.17, 15) is 14.4 Å². The third-order valence-electron chi connectivity index (χ3n) is 8.07. The van der Waals surface area contributed by atoms with Crippen molar-refractivity contribution in [3.63, 3.8) is 0 Å². The summed E-state index contributed by atoms with van der Waals surface area (Å²) in [5.74, 6) is -1.80. The van der Waals surface area contributed by atoms with Crippen LogP contribution < -0.4 is 10.6 Å². The van der Waals surface area contributed by atoms with Crippen molar-refractivity contribution in [2.24, 2.45) is 11.3 Å². The van der Waals surface area contributed by atoms with Gasteiger partial charge in [-0.3, -0.25) is 4.79 Å². The summed E-state index contributed by atoms with van der Waals surface area (Å²) in [5, 5.41) is 6.28. The number of urea groups is 1. The highest BCUT2D eigenvalue weighted by atomic mass is 35.5. The van der Waals surface area contributed by atoms with Crippen LogP contribution in [0.5, 0.6) is 0 Å². The number of halogens is 3. The first-order valence-corrected chi connectivity index (χ1v) is 14.4. The smallest absolute Gasteiger partial charge is 0.337 e. The third-order valence-corrected chi connectivity index (χ3v) is 8.60. The molecule has 2 N–H and O–H groups in total. The van der Waals surface area contributed by atoms with Gasteiger partial charge in [0.05, 0.1) is 23.7 Å². The molecule has 2 aliphatic heterocycles. The predicted molar refractivity (Wildman–Crippen MR) is 160 cm³/mol. The first kappa shape index (κ1) is 29.9. The van der Waals surface area contributed by atoms with Crippen molar-refractivity contribution in [2.75, 3.05) is 19.0 Å². The molecule has 42 heavy (non-hydrogen) atoms. The van der Waals surface area contributed by atoms with Crippen LogP contribution in [-0.2, 0) is 21.5 Å². The van der Waals surface area contributed by atoms with Crippen LogP contribution in [0.25, 0.3) is 0 Å². The molecule has 5 rings (SSSR count). The molecule has 3 amide bonds. The van der Waals surface area contributed by atoms with Crippen LogP contribution in [0.2, 0.25) is 10.0 Å². The molecular formula is C32H32Cl2FN3O4. The second kappa shape index (κ2) is 11.2. The van der Waals surface area contributed by atoms with Crippen LogP contribution in [0.4, 0.5) is 14.9 Å². The van der Waals surface area contributed by atoms with E-state index in [-0.39, 0.29) is 40.9 Å². The standard InChI is InChI=1S/C32H32Cl2FN3O4/c1-31(2,3)15-20-17-38(30(41)36-16-18-8-10-19(11-9-18)28(39)42-4)27(22-6-5-7-24(34)26(22)35)32(20)23-13-12-21(33)14-25(23)37-29(32)40/h5-14,20,27H,15-17H2,1-4H3,(H,36,41)(H,37,40)/t20-,27-,32?/m1/s1. The Balaban J connectivity index is 1.59. The van der Waals surface area contributed by atoms with Crippen LogP contribution in [0.15, 0.2) is 60.7 Å².